The highest BCUT2D eigenvalue weighted by molar-refractivity contribution is 5.95. The van der Waals surface area contributed by atoms with Crippen LogP contribution in [0.3, 0.4) is 0 Å². The number of hydrogen-bond acceptors (Lipinski definition) is 4. The van der Waals surface area contributed by atoms with Gasteiger partial charge in [-0.2, -0.15) is 13.2 Å². The van der Waals surface area contributed by atoms with Crippen LogP contribution in [0.15, 0.2) is 48.5 Å². The van der Waals surface area contributed by atoms with Crippen molar-refractivity contribution in [2.75, 3.05) is 11.9 Å². The molecule has 1 N–H and O–H groups in total. The summed E-state index contributed by atoms with van der Waals surface area (Å²) in [6.45, 7) is 3.70. The molecule has 0 fully saturated rings. The van der Waals surface area contributed by atoms with Crippen molar-refractivity contribution in [1.29, 1.82) is 0 Å². The summed E-state index contributed by atoms with van der Waals surface area (Å²) in [6.07, 6.45) is -4.85. The molecule has 2 aromatic carbocycles. The first-order valence-corrected chi connectivity index (χ1v) is 8.99. The molecular weight excluding hydrogens is 369 g/mol. The zero-order valence-corrected chi connectivity index (χ0v) is 15.4. The van der Waals surface area contributed by atoms with Crippen LogP contribution in [0.4, 0.5) is 18.9 Å². The highest BCUT2D eigenvalue weighted by Crippen LogP contribution is 2.45. The van der Waals surface area contributed by atoms with E-state index < -0.39 is 11.7 Å². The van der Waals surface area contributed by atoms with Gasteiger partial charge < -0.3 is 14.8 Å². The van der Waals surface area contributed by atoms with E-state index in [4.69, 9.17) is 9.47 Å². The van der Waals surface area contributed by atoms with Crippen molar-refractivity contribution in [3.05, 3.63) is 59.7 Å². The average molecular weight is 388 g/mol. The van der Waals surface area contributed by atoms with E-state index in [-0.39, 0.29) is 41.3 Å². The van der Waals surface area contributed by atoms with Gasteiger partial charge >= 0.3 is 6.18 Å². The van der Waals surface area contributed by atoms with Crippen LogP contribution < -0.4 is 14.8 Å². The van der Waals surface area contributed by atoms with Gasteiger partial charge in [0.2, 0.25) is 5.88 Å². The SMILES string of the molecule is CC(C)Oc1cc(C(F)(F)F)c2c3c(ccc2n1)NC(c1ccccc1)CO3. The number of fused-ring (bicyclic) bond motifs is 3. The fourth-order valence-corrected chi connectivity index (χ4v) is 3.32. The van der Waals surface area contributed by atoms with Gasteiger partial charge in [0, 0.05) is 6.07 Å². The molecule has 3 aromatic rings. The Hall–Kier alpha value is -2.96. The number of rotatable bonds is 3. The molecule has 0 radical (unpaired) electrons. The van der Waals surface area contributed by atoms with Crippen LogP contribution in [-0.2, 0) is 6.18 Å². The number of nitrogens with zero attached hydrogens (tertiary/aromatic N) is 1. The van der Waals surface area contributed by atoms with E-state index in [0.29, 0.717) is 5.69 Å². The molecular formula is C21H19F3N2O2. The number of alkyl halides is 3. The Bertz CT molecular complexity index is 1000. The highest BCUT2D eigenvalue weighted by atomic mass is 19.4. The van der Waals surface area contributed by atoms with Gasteiger partial charge in [0.1, 0.15) is 6.61 Å². The van der Waals surface area contributed by atoms with Gasteiger partial charge in [-0.15, -0.1) is 0 Å². The molecule has 0 saturated carbocycles. The topological polar surface area (TPSA) is 43.4 Å². The summed E-state index contributed by atoms with van der Waals surface area (Å²) >= 11 is 0. The maximum atomic E-state index is 13.8. The van der Waals surface area contributed by atoms with E-state index in [1.165, 1.54) is 0 Å². The molecule has 0 saturated heterocycles. The lowest BCUT2D eigenvalue weighted by atomic mass is 10.0. The molecule has 0 amide bonds. The fraction of sp³-hybridized carbons (Fsp3) is 0.286. The lowest BCUT2D eigenvalue weighted by Crippen LogP contribution is -2.24. The summed E-state index contributed by atoms with van der Waals surface area (Å²) in [7, 11) is 0. The van der Waals surface area contributed by atoms with E-state index >= 15 is 0 Å². The molecule has 2 heterocycles. The number of anilines is 1. The summed E-state index contributed by atoms with van der Waals surface area (Å²) in [4.78, 5) is 4.24. The zero-order chi connectivity index (χ0) is 19.9. The molecule has 4 rings (SSSR count). The Balaban J connectivity index is 1.82. The molecule has 0 aliphatic carbocycles. The highest BCUT2D eigenvalue weighted by Gasteiger charge is 2.36. The molecule has 146 valence electrons. The Morgan fingerprint density at radius 2 is 1.89 bits per heavy atom. The van der Waals surface area contributed by atoms with Crippen molar-refractivity contribution in [2.24, 2.45) is 0 Å². The minimum absolute atomic E-state index is 0.0549. The number of hydrogen-bond donors (Lipinski definition) is 1. The summed E-state index contributed by atoms with van der Waals surface area (Å²) in [6, 6.07) is 13.7. The Kier molecular flexibility index (Phi) is 4.53. The summed E-state index contributed by atoms with van der Waals surface area (Å²) in [5, 5.41) is 3.22. The number of halogens is 3. The molecule has 1 aliphatic rings. The number of nitrogens with one attached hydrogen (secondary N) is 1. The summed E-state index contributed by atoms with van der Waals surface area (Å²) in [5.74, 6) is 0.112. The van der Waals surface area contributed by atoms with Crippen molar-refractivity contribution in [3.63, 3.8) is 0 Å². The molecule has 1 atom stereocenters. The predicted octanol–water partition coefficient (Wildman–Crippen LogP) is 5.59. The maximum absolute atomic E-state index is 13.8. The van der Waals surface area contributed by atoms with Crippen LogP contribution in [0, 0.1) is 0 Å². The first-order valence-electron chi connectivity index (χ1n) is 8.99. The largest absolute Gasteiger partial charge is 0.488 e. The quantitative estimate of drug-likeness (QED) is 0.636. The Morgan fingerprint density at radius 1 is 1.14 bits per heavy atom. The van der Waals surface area contributed by atoms with Gasteiger partial charge in [-0.05, 0) is 31.5 Å². The van der Waals surface area contributed by atoms with Crippen LogP contribution in [0.25, 0.3) is 10.9 Å². The third kappa shape index (κ3) is 3.44. The molecule has 0 bridgehead atoms. The van der Waals surface area contributed by atoms with E-state index in [1.54, 1.807) is 26.0 Å². The average Bonchev–Trinajstić information content (AvgIpc) is 2.66. The van der Waals surface area contributed by atoms with Crippen molar-refractivity contribution >= 4 is 16.6 Å². The monoisotopic (exact) mass is 388 g/mol. The molecule has 1 aliphatic heterocycles. The maximum Gasteiger partial charge on any atom is 0.417 e. The lowest BCUT2D eigenvalue weighted by Gasteiger charge is -2.29. The fourth-order valence-electron chi connectivity index (χ4n) is 3.32. The van der Waals surface area contributed by atoms with E-state index in [1.807, 2.05) is 30.3 Å². The van der Waals surface area contributed by atoms with E-state index in [0.717, 1.165) is 11.6 Å². The Morgan fingerprint density at radius 3 is 2.57 bits per heavy atom. The molecule has 4 nitrogen and oxygen atoms in total. The molecule has 7 heteroatoms. The number of benzene rings is 2. The number of ether oxygens (including phenoxy) is 2. The van der Waals surface area contributed by atoms with Gasteiger partial charge in [0.25, 0.3) is 0 Å². The van der Waals surface area contributed by atoms with Crippen molar-refractivity contribution < 1.29 is 22.6 Å². The van der Waals surface area contributed by atoms with Gasteiger partial charge in [0.15, 0.2) is 5.75 Å². The van der Waals surface area contributed by atoms with Crippen LogP contribution >= 0.6 is 0 Å². The molecule has 1 unspecified atom stereocenters. The molecule has 1 aromatic heterocycles. The van der Waals surface area contributed by atoms with E-state index in [2.05, 4.69) is 10.3 Å². The van der Waals surface area contributed by atoms with E-state index in [9.17, 15) is 13.2 Å². The minimum Gasteiger partial charge on any atom is -0.488 e. The first kappa shape index (κ1) is 18.4. The second-order valence-electron chi connectivity index (χ2n) is 6.93. The smallest absolute Gasteiger partial charge is 0.417 e. The lowest BCUT2D eigenvalue weighted by molar-refractivity contribution is -0.136. The van der Waals surface area contributed by atoms with Gasteiger partial charge in [-0.25, -0.2) is 4.98 Å². The Labute approximate surface area is 160 Å². The normalized spacial score (nSPS) is 16.4. The van der Waals surface area contributed by atoms with Crippen LogP contribution in [-0.4, -0.2) is 17.7 Å². The van der Waals surface area contributed by atoms with Gasteiger partial charge in [-0.1, -0.05) is 30.3 Å². The van der Waals surface area contributed by atoms with Crippen molar-refractivity contribution in [3.8, 4) is 11.6 Å². The second-order valence-corrected chi connectivity index (χ2v) is 6.93. The first-order chi connectivity index (χ1) is 13.3. The standard InChI is InChI=1S/C21H19F3N2O2/c1-12(2)28-18-10-14(21(22,23)24)19-15(26-18)8-9-16-20(19)27-11-17(25-16)13-6-4-3-5-7-13/h3-10,12,17,25H,11H2,1-2H3. The third-order valence-corrected chi connectivity index (χ3v) is 4.49. The van der Waals surface area contributed by atoms with Crippen molar-refractivity contribution in [2.45, 2.75) is 32.2 Å². The summed E-state index contributed by atoms with van der Waals surface area (Å²) < 4.78 is 52.6. The predicted molar refractivity (Wildman–Crippen MR) is 101 cm³/mol. The molecule has 28 heavy (non-hydrogen) atoms. The van der Waals surface area contributed by atoms with Crippen LogP contribution in [0.2, 0.25) is 0 Å². The van der Waals surface area contributed by atoms with Crippen molar-refractivity contribution in [1.82, 2.24) is 4.98 Å². The van der Waals surface area contributed by atoms with Crippen LogP contribution in [0.1, 0.15) is 31.0 Å². The third-order valence-electron chi connectivity index (χ3n) is 4.49. The zero-order valence-electron chi connectivity index (χ0n) is 15.4. The molecule has 0 spiro atoms. The van der Waals surface area contributed by atoms with Gasteiger partial charge in [0.05, 0.1) is 34.3 Å². The van der Waals surface area contributed by atoms with Gasteiger partial charge in [-0.3, -0.25) is 0 Å². The van der Waals surface area contributed by atoms with Crippen LogP contribution in [0.5, 0.6) is 11.6 Å². The number of aromatic nitrogens is 1. The second kappa shape index (κ2) is 6.89. The summed E-state index contributed by atoms with van der Waals surface area (Å²) in [5.41, 5.74) is 0.884. The number of pyridine rings is 1. The minimum atomic E-state index is -4.56.